The molecule has 7 nitrogen and oxygen atoms in total. The molecule has 1 aromatic heterocycles. The lowest BCUT2D eigenvalue weighted by molar-refractivity contribution is 0.0527. The fraction of sp³-hybridized carbons (Fsp3) is 0.211. The van der Waals surface area contributed by atoms with Crippen LogP contribution in [0.25, 0.3) is 10.9 Å². The summed E-state index contributed by atoms with van der Waals surface area (Å²) >= 11 is 3.23. The highest BCUT2D eigenvalue weighted by Crippen LogP contribution is 2.40. The van der Waals surface area contributed by atoms with Gasteiger partial charge in [0.05, 0.1) is 27.9 Å². The van der Waals surface area contributed by atoms with Crippen molar-refractivity contribution in [2.75, 3.05) is 6.61 Å². The Labute approximate surface area is 182 Å². The first kappa shape index (κ1) is 23.2. The minimum atomic E-state index is -4.64. The Kier molecular flexibility index (Phi) is 7.00. The summed E-state index contributed by atoms with van der Waals surface area (Å²) in [5.41, 5.74) is 0.824. The highest BCUT2D eigenvalue weighted by atomic mass is 79.9. The van der Waals surface area contributed by atoms with Crippen molar-refractivity contribution < 1.29 is 27.6 Å². The summed E-state index contributed by atoms with van der Waals surface area (Å²) in [5.74, 6) is -0.854. The number of aromatic hydroxyl groups is 1. The van der Waals surface area contributed by atoms with Crippen molar-refractivity contribution in [2.24, 2.45) is 7.05 Å². The van der Waals surface area contributed by atoms with Crippen LogP contribution in [0.5, 0.6) is 5.75 Å². The maximum atomic E-state index is 12.7. The van der Waals surface area contributed by atoms with Crippen molar-refractivity contribution in [3.8, 4) is 5.75 Å². The molecule has 0 saturated carbocycles. The van der Waals surface area contributed by atoms with Crippen LogP contribution < -0.4 is 0 Å². The van der Waals surface area contributed by atoms with Gasteiger partial charge in [-0.1, -0.05) is 30.3 Å². The predicted octanol–water partition coefficient (Wildman–Crippen LogP) is 4.22. The molecule has 1 atom stereocenters. The summed E-state index contributed by atoms with van der Waals surface area (Å²) in [5, 5.41) is 8.91. The van der Waals surface area contributed by atoms with Crippen LogP contribution in [0.2, 0.25) is 0 Å². The van der Waals surface area contributed by atoms with Crippen LogP contribution >= 0.6 is 28.3 Å². The van der Waals surface area contributed by atoms with E-state index in [1.54, 1.807) is 50.4 Å². The number of nitrogens with zero attached hydrogens (tertiary/aromatic N) is 1. The number of aromatic nitrogens is 1. The molecule has 0 spiro atoms. The maximum Gasteiger partial charge on any atom is 0.340 e. The number of carbonyl (C=O) groups is 1. The number of carbonyl (C=O) groups excluding carboxylic acids is 1. The Bertz CT molecular complexity index is 1160. The first-order chi connectivity index (χ1) is 13.2. The Hall–Kier alpha value is -2.07. The van der Waals surface area contributed by atoms with E-state index >= 15 is 0 Å². The zero-order chi connectivity index (χ0) is 20.6. The number of rotatable bonds is 5. The van der Waals surface area contributed by atoms with Crippen LogP contribution in [0.4, 0.5) is 0 Å². The van der Waals surface area contributed by atoms with Crippen LogP contribution in [0.15, 0.2) is 46.9 Å². The molecular weight excluding hydrogens is 486 g/mol. The number of aryl methyl sites for hydroxylation is 1. The number of hydrogen-bond acceptors (Lipinski definition) is 5. The molecule has 0 fully saturated rings. The van der Waals surface area contributed by atoms with Crippen LogP contribution in [-0.2, 0) is 21.9 Å². The Morgan fingerprint density at radius 2 is 1.86 bits per heavy atom. The Morgan fingerprint density at radius 1 is 1.24 bits per heavy atom. The van der Waals surface area contributed by atoms with E-state index in [-0.39, 0.29) is 36.0 Å². The molecule has 0 aliphatic carbocycles. The second-order valence-corrected chi connectivity index (χ2v) is 8.52. The fourth-order valence-electron chi connectivity index (χ4n) is 3.29. The lowest BCUT2D eigenvalue weighted by Gasteiger charge is -2.18. The Morgan fingerprint density at radius 3 is 2.41 bits per heavy atom. The van der Waals surface area contributed by atoms with Gasteiger partial charge < -0.3 is 14.4 Å². The minimum Gasteiger partial charge on any atom is -0.507 e. The van der Waals surface area contributed by atoms with E-state index in [1.807, 2.05) is 0 Å². The summed E-state index contributed by atoms with van der Waals surface area (Å²) in [6, 6.07) is 11.0. The largest absolute Gasteiger partial charge is 0.507 e. The number of halogens is 2. The third kappa shape index (κ3) is 4.28. The quantitative estimate of drug-likeness (QED) is 0.398. The maximum absolute atomic E-state index is 12.7. The smallest absolute Gasteiger partial charge is 0.340 e. The van der Waals surface area contributed by atoms with Gasteiger partial charge in [-0.2, -0.15) is 8.42 Å². The van der Waals surface area contributed by atoms with Gasteiger partial charge in [0, 0.05) is 12.4 Å². The number of phenolic OH excluding ortho intramolecular Hbond substituents is 1. The molecule has 0 saturated heterocycles. The molecule has 0 bridgehead atoms. The summed E-state index contributed by atoms with van der Waals surface area (Å²) in [6.07, 6.45) is 0. The molecule has 156 valence electrons. The van der Waals surface area contributed by atoms with Crippen molar-refractivity contribution in [2.45, 2.75) is 12.2 Å². The number of benzene rings is 2. The van der Waals surface area contributed by atoms with Gasteiger partial charge in [-0.05, 0) is 40.5 Å². The lowest BCUT2D eigenvalue weighted by atomic mass is 10.0. The third-order valence-electron chi connectivity index (χ3n) is 4.44. The second kappa shape index (κ2) is 8.74. The van der Waals surface area contributed by atoms with Crippen molar-refractivity contribution in [1.29, 1.82) is 0 Å². The average molecular weight is 505 g/mol. The average Bonchev–Trinajstić information content (AvgIpc) is 2.88. The summed E-state index contributed by atoms with van der Waals surface area (Å²) in [4.78, 5) is 12.7. The minimum absolute atomic E-state index is 0. The number of fused-ring (bicyclic) bond motifs is 1. The topological polar surface area (TPSA) is 106 Å². The molecular formula is C19H19BrClNO6S. The number of hydrogen-bond donors (Lipinski definition) is 2. The van der Waals surface area contributed by atoms with Gasteiger partial charge in [0.2, 0.25) is 0 Å². The third-order valence-corrected chi connectivity index (χ3v) is 6.17. The van der Waals surface area contributed by atoms with Gasteiger partial charge in [-0.15, -0.1) is 12.4 Å². The highest BCUT2D eigenvalue weighted by Gasteiger charge is 2.36. The number of esters is 1. The van der Waals surface area contributed by atoms with Crippen molar-refractivity contribution >= 4 is 55.3 Å². The molecule has 0 aliphatic rings. The molecule has 3 rings (SSSR count). The molecule has 2 N–H and O–H groups in total. The predicted molar refractivity (Wildman–Crippen MR) is 115 cm³/mol. The van der Waals surface area contributed by atoms with Gasteiger partial charge >= 0.3 is 5.97 Å². The normalized spacial score (nSPS) is 12.4. The van der Waals surface area contributed by atoms with E-state index in [2.05, 4.69) is 15.9 Å². The van der Waals surface area contributed by atoms with Gasteiger partial charge in [0.15, 0.2) is 5.25 Å². The highest BCUT2D eigenvalue weighted by molar-refractivity contribution is 9.10. The zero-order valence-corrected chi connectivity index (χ0v) is 18.7. The first-order valence-corrected chi connectivity index (χ1v) is 10.7. The van der Waals surface area contributed by atoms with Crippen LogP contribution in [-0.4, -0.2) is 35.2 Å². The molecule has 29 heavy (non-hydrogen) atoms. The number of phenols is 1. The van der Waals surface area contributed by atoms with Gasteiger partial charge in [-0.3, -0.25) is 4.55 Å². The molecule has 1 unspecified atom stereocenters. The molecule has 0 amide bonds. The molecule has 0 aliphatic heterocycles. The van der Waals surface area contributed by atoms with E-state index in [4.69, 9.17) is 4.74 Å². The Balaban J connectivity index is 0.00000300. The van der Waals surface area contributed by atoms with Crippen LogP contribution in [0, 0.1) is 0 Å². The summed E-state index contributed by atoms with van der Waals surface area (Å²) < 4.78 is 41.8. The van der Waals surface area contributed by atoms with Crippen molar-refractivity contribution in [3.63, 3.8) is 0 Å². The molecule has 10 heteroatoms. The molecule has 3 aromatic rings. The summed E-state index contributed by atoms with van der Waals surface area (Å²) in [6.45, 7) is 1.72. The molecule has 1 heterocycles. The summed E-state index contributed by atoms with van der Waals surface area (Å²) in [7, 11) is -3.05. The number of ether oxygens (including phenoxy) is 1. The van der Waals surface area contributed by atoms with E-state index < -0.39 is 21.3 Å². The fourth-order valence-corrected chi connectivity index (χ4v) is 4.68. The second-order valence-electron chi connectivity index (χ2n) is 6.17. The van der Waals surface area contributed by atoms with E-state index in [0.29, 0.717) is 20.9 Å². The van der Waals surface area contributed by atoms with Gasteiger partial charge in [0.1, 0.15) is 5.75 Å². The SMILES string of the molecule is CCOC(=O)c1c(C(c2ccccc2)S(=O)(=O)O)n(C)c2cc(Br)c(O)cc12.Cl. The van der Waals surface area contributed by atoms with Gasteiger partial charge in [0.25, 0.3) is 10.1 Å². The van der Waals surface area contributed by atoms with Crippen molar-refractivity contribution in [3.05, 3.63) is 63.8 Å². The lowest BCUT2D eigenvalue weighted by Crippen LogP contribution is -2.20. The van der Waals surface area contributed by atoms with Gasteiger partial charge in [-0.25, -0.2) is 4.79 Å². The van der Waals surface area contributed by atoms with E-state index in [0.717, 1.165) is 0 Å². The van der Waals surface area contributed by atoms with E-state index in [9.17, 15) is 22.9 Å². The standard InChI is InChI=1S/C19H18BrNO6S.ClH/c1-3-27-19(23)16-12-9-15(22)13(20)10-14(12)21(2)17(16)18(28(24,25)26)11-7-5-4-6-8-11;/h4-10,18,22H,3H2,1-2H3,(H,24,25,26);1H. The first-order valence-electron chi connectivity index (χ1n) is 8.36. The van der Waals surface area contributed by atoms with E-state index in [1.165, 1.54) is 10.6 Å². The van der Waals surface area contributed by atoms with Crippen LogP contribution in [0.1, 0.15) is 33.8 Å². The van der Waals surface area contributed by atoms with Crippen LogP contribution in [0.3, 0.4) is 0 Å². The van der Waals surface area contributed by atoms with Crippen molar-refractivity contribution in [1.82, 2.24) is 4.57 Å². The monoisotopic (exact) mass is 503 g/mol. The molecule has 2 aromatic carbocycles. The zero-order valence-electron chi connectivity index (χ0n) is 15.5. The molecule has 0 radical (unpaired) electrons.